The molecular weight excluding hydrogens is 198 g/mol. The molecule has 0 saturated carbocycles. The number of hydrogen-bond acceptors (Lipinski definition) is 2. The summed E-state index contributed by atoms with van der Waals surface area (Å²) < 4.78 is 6.01. The summed E-state index contributed by atoms with van der Waals surface area (Å²) in [7, 11) is 0. The molecule has 0 aromatic rings. The van der Waals surface area contributed by atoms with Crippen LogP contribution in [0.1, 0.15) is 53.4 Å². The maximum atomic E-state index is 6.01. The molecule has 0 saturated heterocycles. The van der Waals surface area contributed by atoms with Crippen molar-refractivity contribution in [2.75, 3.05) is 13.2 Å². The van der Waals surface area contributed by atoms with Crippen LogP contribution < -0.4 is 5.32 Å². The van der Waals surface area contributed by atoms with Gasteiger partial charge >= 0.3 is 0 Å². The molecular formula is C14H27NO. The van der Waals surface area contributed by atoms with Gasteiger partial charge in [-0.05, 0) is 32.7 Å². The van der Waals surface area contributed by atoms with Crippen LogP contribution in [0.2, 0.25) is 0 Å². The highest BCUT2D eigenvalue weighted by molar-refractivity contribution is 4.95. The zero-order valence-corrected chi connectivity index (χ0v) is 11.3. The van der Waals surface area contributed by atoms with Gasteiger partial charge in [-0.25, -0.2) is 0 Å². The van der Waals surface area contributed by atoms with Gasteiger partial charge in [0.25, 0.3) is 0 Å². The smallest absolute Gasteiger partial charge is 0.0829 e. The number of hydrogen-bond donors (Lipinski definition) is 1. The Labute approximate surface area is 101 Å². The molecule has 2 nitrogen and oxygen atoms in total. The third kappa shape index (κ3) is 4.15. The summed E-state index contributed by atoms with van der Waals surface area (Å²) in [5.41, 5.74) is -0.0540. The van der Waals surface area contributed by atoms with E-state index < -0.39 is 0 Å². The van der Waals surface area contributed by atoms with Gasteiger partial charge in [0.05, 0.1) is 5.60 Å². The van der Waals surface area contributed by atoms with Crippen molar-refractivity contribution in [1.82, 2.24) is 5.32 Å². The predicted octanol–water partition coefficient (Wildman–Crippen LogP) is 2.97. The Kier molecular flexibility index (Phi) is 8.33. The Hall–Kier alpha value is -0.520. The highest BCUT2D eigenvalue weighted by Crippen LogP contribution is 2.27. The van der Waals surface area contributed by atoms with Gasteiger partial charge in [-0.1, -0.05) is 20.8 Å². The van der Waals surface area contributed by atoms with E-state index in [0.29, 0.717) is 6.04 Å². The van der Waals surface area contributed by atoms with E-state index in [0.717, 1.165) is 38.8 Å². The van der Waals surface area contributed by atoms with E-state index in [1.807, 2.05) is 0 Å². The maximum absolute atomic E-state index is 6.01. The van der Waals surface area contributed by atoms with Crippen molar-refractivity contribution in [1.29, 1.82) is 0 Å². The largest absolute Gasteiger partial charge is 0.374 e. The molecule has 0 aromatic heterocycles. The summed E-state index contributed by atoms with van der Waals surface area (Å²) >= 11 is 0. The number of ether oxygens (including phenoxy) is 1. The molecule has 1 unspecified atom stereocenters. The second kappa shape index (κ2) is 8.61. The van der Waals surface area contributed by atoms with Crippen molar-refractivity contribution in [2.24, 2.45) is 0 Å². The average Bonchev–Trinajstić information content (AvgIpc) is 2.32. The third-order valence-electron chi connectivity index (χ3n) is 3.29. The minimum Gasteiger partial charge on any atom is -0.374 e. The van der Waals surface area contributed by atoms with Crippen molar-refractivity contribution >= 4 is 0 Å². The average molecular weight is 225 g/mol. The van der Waals surface area contributed by atoms with Gasteiger partial charge in [0.2, 0.25) is 0 Å². The van der Waals surface area contributed by atoms with E-state index >= 15 is 0 Å². The summed E-state index contributed by atoms with van der Waals surface area (Å²) in [5, 5.41) is 3.52. The molecule has 0 aliphatic carbocycles. The highest BCUT2D eigenvalue weighted by Gasteiger charge is 2.35. The van der Waals surface area contributed by atoms with Crippen LogP contribution in [0, 0.1) is 12.3 Å². The van der Waals surface area contributed by atoms with Crippen molar-refractivity contribution in [3.8, 4) is 12.3 Å². The minimum absolute atomic E-state index is 0.0540. The molecule has 0 bridgehead atoms. The quantitative estimate of drug-likeness (QED) is 0.609. The van der Waals surface area contributed by atoms with Gasteiger partial charge in [-0.15, -0.1) is 12.3 Å². The fourth-order valence-corrected chi connectivity index (χ4v) is 2.36. The van der Waals surface area contributed by atoms with Gasteiger partial charge in [-0.3, -0.25) is 0 Å². The first-order valence-corrected chi connectivity index (χ1v) is 6.51. The molecule has 1 atom stereocenters. The zero-order valence-electron chi connectivity index (χ0n) is 11.3. The predicted molar refractivity (Wildman–Crippen MR) is 70.5 cm³/mol. The summed E-state index contributed by atoms with van der Waals surface area (Å²) in [5.74, 6) is 2.72. The van der Waals surface area contributed by atoms with E-state index in [9.17, 15) is 0 Å². The summed E-state index contributed by atoms with van der Waals surface area (Å²) in [4.78, 5) is 0. The summed E-state index contributed by atoms with van der Waals surface area (Å²) in [6.07, 6.45) is 9.21. The number of terminal acetylenes is 1. The van der Waals surface area contributed by atoms with Crippen LogP contribution in [0.25, 0.3) is 0 Å². The van der Waals surface area contributed by atoms with E-state index in [1.54, 1.807) is 0 Å². The lowest BCUT2D eigenvalue weighted by Crippen LogP contribution is -2.52. The van der Waals surface area contributed by atoms with E-state index in [4.69, 9.17) is 11.2 Å². The minimum atomic E-state index is -0.0540. The van der Waals surface area contributed by atoms with Gasteiger partial charge in [-0.2, -0.15) is 0 Å². The molecule has 0 amide bonds. The fraction of sp³-hybridized carbons (Fsp3) is 0.857. The first-order chi connectivity index (χ1) is 7.70. The second-order valence-electron chi connectivity index (χ2n) is 4.06. The van der Waals surface area contributed by atoms with Crippen LogP contribution in [0.3, 0.4) is 0 Å². The van der Waals surface area contributed by atoms with Crippen LogP contribution in [0.4, 0.5) is 0 Å². The molecule has 0 fully saturated rings. The lowest BCUT2D eigenvalue weighted by Gasteiger charge is -2.39. The van der Waals surface area contributed by atoms with Crippen LogP contribution in [-0.4, -0.2) is 24.8 Å². The zero-order chi connectivity index (χ0) is 12.4. The van der Waals surface area contributed by atoms with Crippen molar-refractivity contribution < 1.29 is 4.74 Å². The first kappa shape index (κ1) is 15.5. The van der Waals surface area contributed by atoms with Crippen LogP contribution in [0.5, 0.6) is 0 Å². The van der Waals surface area contributed by atoms with Gasteiger partial charge in [0.15, 0.2) is 0 Å². The molecule has 0 heterocycles. The molecule has 1 N–H and O–H groups in total. The molecule has 0 rings (SSSR count). The summed E-state index contributed by atoms with van der Waals surface area (Å²) in [6, 6.07) is 0.364. The maximum Gasteiger partial charge on any atom is 0.0829 e. The van der Waals surface area contributed by atoms with Crippen LogP contribution >= 0.6 is 0 Å². The SMILES string of the molecule is C#CCCC(NCC)C(CC)(CC)OCC. The van der Waals surface area contributed by atoms with E-state index in [1.165, 1.54) is 0 Å². The number of likely N-dealkylation sites (N-methyl/N-ethyl adjacent to an activating group) is 1. The summed E-state index contributed by atoms with van der Waals surface area (Å²) in [6.45, 7) is 10.3. The molecule has 0 radical (unpaired) electrons. The molecule has 16 heavy (non-hydrogen) atoms. The molecule has 0 aromatic carbocycles. The topological polar surface area (TPSA) is 21.3 Å². The highest BCUT2D eigenvalue weighted by atomic mass is 16.5. The van der Waals surface area contributed by atoms with E-state index in [-0.39, 0.29) is 5.60 Å². The fourth-order valence-electron chi connectivity index (χ4n) is 2.36. The lowest BCUT2D eigenvalue weighted by molar-refractivity contribution is -0.0731. The Morgan fingerprint density at radius 3 is 2.25 bits per heavy atom. The van der Waals surface area contributed by atoms with Crippen molar-refractivity contribution in [3.63, 3.8) is 0 Å². The van der Waals surface area contributed by atoms with E-state index in [2.05, 4.69) is 38.9 Å². The number of nitrogens with one attached hydrogen (secondary N) is 1. The Morgan fingerprint density at radius 2 is 1.88 bits per heavy atom. The van der Waals surface area contributed by atoms with Gasteiger partial charge in [0, 0.05) is 19.1 Å². The van der Waals surface area contributed by atoms with Gasteiger partial charge < -0.3 is 10.1 Å². The Balaban J connectivity index is 4.69. The Bertz CT molecular complexity index is 203. The monoisotopic (exact) mass is 225 g/mol. The molecule has 94 valence electrons. The van der Waals surface area contributed by atoms with Crippen molar-refractivity contribution in [2.45, 2.75) is 65.0 Å². The molecule has 0 aliphatic rings. The van der Waals surface area contributed by atoms with Crippen LogP contribution in [-0.2, 0) is 4.74 Å². The Morgan fingerprint density at radius 1 is 1.25 bits per heavy atom. The molecule has 2 heteroatoms. The molecule has 0 aliphatic heterocycles. The number of rotatable bonds is 9. The second-order valence-corrected chi connectivity index (χ2v) is 4.06. The standard InChI is InChI=1S/C14H27NO/c1-6-11-12-13(15-9-4)14(7-2,8-3)16-10-5/h1,13,15H,7-12H2,2-5H3. The van der Waals surface area contributed by atoms with Crippen LogP contribution in [0.15, 0.2) is 0 Å². The third-order valence-corrected chi connectivity index (χ3v) is 3.29. The van der Waals surface area contributed by atoms with Gasteiger partial charge in [0.1, 0.15) is 0 Å². The van der Waals surface area contributed by atoms with Crippen molar-refractivity contribution in [3.05, 3.63) is 0 Å². The normalized spacial score (nSPS) is 13.4. The first-order valence-electron chi connectivity index (χ1n) is 6.51. The molecule has 0 spiro atoms. The lowest BCUT2D eigenvalue weighted by atomic mass is 9.85.